The van der Waals surface area contributed by atoms with E-state index in [4.69, 9.17) is 4.74 Å². The van der Waals surface area contributed by atoms with Crippen LogP contribution >= 0.6 is 15.9 Å². The van der Waals surface area contributed by atoms with Gasteiger partial charge in [0.15, 0.2) is 6.29 Å². The molecule has 0 atom stereocenters. The normalized spacial score (nSPS) is 14.7. The SMILES string of the molecule is COCCN(c1ccc(Br)cc1C=O)C1CC1. The van der Waals surface area contributed by atoms with Crippen LogP contribution in [0.15, 0.2) is 22.7 Å². The third-order valence-corrected chi connectivity index (χ3v) is 3.44. The lowest BCUT2D eigenvalue weighted by Crippen LogP contribution is -2.30. The molecule has 1 saturated carbocycles. The number of hydrogen-bond donors (Lipinski definition) is 0. The van der Waals surface area contributed by atoms with E-state index in [0.29, 0.717) is 12.6 Å². The van der Waals surface area contributed by atoms with E-state index in [1.807, 2.05) is 18.2 Å². The lowest BCUT2D eigenvalue weighted by Gasteiger charge is -2.25. The molecule has 0 aliphatic heterocycles. The molecule has 0 aromatic heterocycles. The van der Waals surface area contributed by atoms with Crippen molar-refractivity contribution in [3.05, 3.63) is 28.2 Å². The van der Waals surface area contributed by atoms with Gasteiger partial charge in [-0.1, -0.05) is 15.9 Å². The summed E-state index contributed by atoms with van der Waals surface area (Å²) in [5.74, 6) is 0. The van der Waals surface area contributed by atoms with Crippen LogP contribution in [0.1, 0.15) is 23.2 Å². The highest BCUT2D eigenvalue weighted by molar-refractivity contribution is 9.10. The van der Waals surface area contributed by atoms with Gasteiger partial charge in [-0.15, -0.1) is 0 Å². The van der Waals surface area contributed by atoms with Crippen molar-refractivity contribution >= 4 is 27.9 Å². The summed E-state index contributed by atoms with van der Waals surface area (Å²) in [4.78, 5) is 13.4. The van der Waals surface area contributed by atoms with Crippen LogP contribution in [0.3, 0.4) is 0 Å². The molecule has 0 heterocycles. The Hall–Kier alpha value is -0.870. The number of benzene rings is 1. The molecule has 3 nitrogen and oxygen atoms in total. The molecule has 0 radical (unpaired) electrons. The van der Waals surface area contributed by atoms with E-state index in [2.05, 4.69) is 20.8 Å². The van der Waals surface area contributed by atoms with E-state index in [1.54, 1.807) is 7.11 Å². The second kappa shape index (κ2) is 5.65. The minimum atomic E-state index is 0.574. The smallest absolute Gasteiger partial charge is 0.152 e. The number of nitrogens with zero attached hydrogens (tertiary/aromatic N) is 1. The molecule has 4 heteroatoms. The summed E-state index contributed by atoms with van der Waals surface area (Å²) < 4.78 is 6.07. The minimum absolute atomic E-state index is 0.574. The molecule has 1 aliphatic rings. The fraction of sp³-hybridized carbons (Fsp3) is 0.462. The Morgan fingerprint density at radius 2 is 2.29 bits per heavy atom. The van der Waals surface area contributed by atoms with Crippen molar-refractivity contribution in [2.45, 2.75) is 18.9 Å². The lowest BCUT2D eigenvalue weighted by molar-refractivity contribution is 0.112. The van der Waals surface area contributed by atoms with E-state index in [0.717, 1.165) is 28.6 Å². The predicted octanol–water partition coefficient (Wildman–Crippen LogP) is 2.88. The standard InChI is InChI=1S/C13H16BrNO2/c1-17-7-6-15(12-3-4-12)13-5-2-11(14)8-10(13)9-16/h2,5,8-9,12H,3-4,6-7H2,1H3. The van der Waals surface area contributed by atoms with Gasteiger partial charge in [0, 0.05) is 35.4 Å². The average molecular weight is 298 g/mol. The van der Waals surface area contributed by atoms with E-state index >= 15 is 0 Å². The van der Waals surface area contributed by atoms with Crippen molar-refractivity contribution in [1.29, 1.82) is 0 Å². The van der Waals surface area contributed by atoms with Crippen LogP contribution < -0.4 is 4.90 Å². The van der Waals surface area contributed by atoms with Crippen LogP contribution in [0, 0.1) is 0 Å². The second-order valence-electron chi connectivity index (χ2n) is 4.24. The Morgan fingerprint density at radius 3 is 2.88 bits per heavy atom. The number of carbonyl (C=O) groups is 1. The Labute approximate surface area is 110 Å². The number of carbonyl (C=O) groups excluding carboxylic acids is 1. The van der Waals surface area contributed by atoms with Crippen LogP contribution in [0.2, 0.25) is 0 Å². The Kier molecular flexibility index (Phi) is 4.18. The van der Waals surface area contributed by atoms with Gasteiger partial charge in [-0.2, -0.15) is 0 Å². The van der Waals surface area contributed by atoms with Gasteiger partial charge >= 0.3 is 0 Å². The molecule has 0 N–H and O–H groups in total. The van der Waals surface area contributed by atoms with Crippen LogP contribution in [0.4, 0.5) is 5.69 Å². The number of anilines is 1. The second-order valence-corrected chi connectivity index (χ2v) is 5.15. The van der Waals surface area contributed by atoms with Gasteiger partial charge in [0.25, 0.3) is 0 Å². The van der Waals surface area contributed by atoms with Crippen molar-refractivity contribution in [2.24, 2.45) is 0 Å². The molecular formula is C13H16BrNO2. The van der Waals surface area contributed by atoms with Crippen LogP contribution in [-0.4, -0.2) is 32.6 Å². The van der Waals surface area contributed by atoms with Crippen molar-refractivity contribution in [3.63, 3.8) is 0 Å². The van der Waals surface area contributed by atoms with E-state index in [-0.39, 0.29) is 0 Å². The van der Waals surface area contributed by atoms with Gasteiger partial charge in [-0.05, 0) is 31.0 Å². The molecule has 17 heavy (non-hydrogen) atoms. The molecule has 1 aromatic carbocycles. The van der Waals surface area contributed by atoms with Crippen molar-refractivity contribution in [2.75, 3.05) is 25.2 Å². The molecule has 1 fully saturated rings. The summed E-state index contributed by atoms with van der Waals surface area (Å²) in [7, 11) is 1.70. The molecule has 0 amide bonds. The first-order valence-corrected chi connectivity index (χ1v) is 6.56. The Bertz CT molecular complexity index is 404. The third kappa shape index (κ3) is 3.07. The number of aldehydes is 1. The van der Waals surface area contributed by atoms with E-state index in [1.165, 1.54) is 12.8 Å². The lowest BCUT2D eigenvalue weighted by atomic mass is 10.1. The van der Waals surface area contributed by atoms with Gasteiger partial charge in [0.1, 0.15) is 0 Å². The summed E-state index contributed by atoms with van der Waals surface area (Å²) in [5.41, 5.74) is 1.75. The van der Waals surface area contributed by atoms with Crippen molar-refractivity contribution in [3.8, 4) is 0 Å². The zero-order valence-electron chi connectivity index (χ0n) is 9.86. The molecule has 0 unspecified atom stereocenters. The van der Waals surface area contributed by atoms with Gasteiger partial charge in [0.2, 0.25) is 0 Å². The molecule has 0 spiro atoms. The summed E-state index contributed by atoms with van der Waals surface area (Å²) >= 11 is 3.39. The maximum absolute atomic E-state index is 11.1. The van der Waals surface area contributed by atoms with Crippen LogP contribution in [0.5, 0.6) is 0 Å². The molecule has 1 aliphatic carbocycles. The summed E-state index contributed by atoms with van der Waals surface area (Å²) in [6.07, 6.45) is 3.33. The van der Waals surface area contributed by atoms with E-state index < -0.39 is 0 Å². The Morgan fingerprint density at radius 1 is 1.53 bits per heavy atom. The fourth-order valence-corrected chi connectivity index (χ4v) is 2.34. The first kappa shape index (κ1) is 12.6. The average Bonchev–Trinajstić information content (AvgIpc) is 3.15. The first-order valence-electron chi connectivity index (χ1n) is 5.76. The number of ether oxygens (including phenoxy) is 1. The highest BCUT2D eigenvalue weighted by Crippen LogP contribution is 2.33. The van der Waals surface area contributed by atoms with Crippen molar-refractivity contribution in [1.82, 2.24) is 0 Å². The van der Waals surface area contributed by atoms with Gasteiger partial charge in [-0.3, -0.25) is 4.79 Å². The number of methoxy groups -OCH3 is 1. The maximum Gasteiger partial charge on any atom is 0.152 e. The first-order chi connectivity index (χ1) is 8.26. The zero-order valence-corrected chi connectivity index (χ0v) is 11.4. The van der Waals surface area contributed by atoms with Gasteiger partial charge in [-0.25, -0.2) is 0 Å². The Balaban J connectivity index is 2.24. The molecule has 0 saturated heterocycles. The molecule has 0 bridgehead atoms. The van der Waals surface area contributed by atoms with Gasteiger partial charge < -0.3 is 9.64 Å². The molecule has 2 rings (SSSR count). The topological polar surface area (TPSA) is 29.5 Å². The largest absolute Gasteiger partial charge is 0.383 e. The van der Waals surface area contributed by atoms with Crippen LogP contribution in [-0.2, 0) is 4.74 Å². The molecular weight excluding hydrogens is 282 g/mol. The monoisotopic (exact) mass is 297 g/mol. The highest BCUT2D eigenvalue weighted by Gasteiger charge is 2.30. The number of hydrogen-bond acceptors (Lipinski definition) is 3. The molecule has 92 valence electrons. The van der Waals surface area contributed by atoms with Crippen LogP contribution in [0.25, 0.3) is 0 Å². The predicted molar refractivity (Wildman–Crippen MR) is 71.8 cm³/mol. The fourth-order valence-electron chi connectivity index (χ4n) is 1.96. The minimum Gasteiger partial charge on any atom is -0.383 e. The highest BCUT2D eigenvalue weighted by atomic mass is 79.9. The summed E-state index contributed by atoms with van der Waals surface area (Å²) in [6, 6.07) is 6.42. The van der Waals surface area contributed by atoms with Gasteiger partial charge in [0.05, 0.1) is 6.61 Å². The number of halogens is 1. The molecule has 1 aromatic rings. The maximum atomic E-state index is 11.1. The van der Waals surface area contributed by atoms with Crippen molar-refractivity contribution < 1.29 is 9.53 Å². The summed E-state index contributed by atoms with van der Waals surface area (Å²) in [6.45, 7) is 1.52. The number of rotatable bonds is 6. The summed E-state index contributed by atoms with van der Waals surface area (Å²) in [5, 5.41) is 0. The zero-order chi connectivity index (χ0) is 12.3. The quantitative estimate of drug-likeness (QED) is 0.756. The van der Waals surface area contributed by atoms with E-state index in [9.17, 15) is 4.79 Å². The third-order valence-electron chi connectivity index (χ3n) is 2.95.